The molecule has 138 valence electrons. The van der Waals surface area contributed by atoms with Crippen LogP contribution in [-0.2, 0) is 11.2 Å². The topological polar surface area (TPSA) is 81.5 Å². The number of aryl methyl sites for hydroxylation is 2. The minimum Gasteiger partial charge on any atom is -0.494 e. The van der Waals surface area contributed by atoms with Gasteiger partial charge >= 0.3 is 0 Å². The first-order valence-corrected chi connectivity index (χ1v) is 8.76. The fraction of sp³-hybridized carbons (Fsp3) is 0.350. The highest BCUT2D eigenvalue weighted by molar-refractivity contribution is 5.93. The lowest BCUT2D eigenvalue weighted by molar-refractivity contribution is -0.384. The van der Waals surface area contributed by atoms with E-state index < -0.39 is 4.92 Å². The van der Waals surface area contributed by atoms with Gasteiger partial charge in [0.2, 0.25) is 5.91 Å². The van der Waals surface area contributed by atoms with E-state index in [1.165, 1.54) is 11.6 Å². The molecule has 0 saturated heterocycles. The summed E-state index contributed by atoms with van der Waals surface area (Å²) in [6.45, 7) is 4.32. The van der Waals surface area contributed by atoms with E-state index in [-0.39, 0.29) is 23.7 Å². The predicted octanol–water partition coefficient (Wildman–Crippen LogP) is 4.65. The molecule has 0 unspecified atom stereocenters. The van der Waals surface area contributed by atoms with Crippen molar-refractivity contribution in [1.29, 1.82) is 0 Å². The molecule has 1 N–H and O–H groups in total. The number of hydrogen-bond donors (Lipinski definition) is 1. The fourth-order valence-corrected chi connectivity index (χ4v) is 2.57. The Balaban J connectivity index is 1.78. The van der Waals surface area contributed by atoms with Crippen LogP contribution in [0.1, 0.15) is 37.3 Å². The van der Waals surface area contributed by atoms with Crippen LogP contribution in [0.25, 0.3) is 0 Å². The van der Waals surface area contributed by atoms with Crippen molar-refractivity contribution in [3.05, 3.63) is 63.7 Å². The smallest absolute Gasteiger partial charge is 0.293 e. The van der Waals surface area contributed by atoms with E-state index in [2.05, 4.69) is 12.2 Å². The lowest BCUT2D eigenvalue weighted by atomic mass is 10.1. The van der Waals surface area contributed by atoms with Crippen molar-refractivity contribution >= 4 is 17.3 Å². The van der Waals surface area contributed by atoms with Crippen LogP contribution in [0.3, 0.4) is 0 Å². The summed E-state index contributed by atoms with van der Waals surface area (Å²) in [6.07, 6.45) is 2.92. The van der Waals surface area contributed by atoms with Crippen LogP contribution in [0.4, 0.5) is 11.4 Å². The first-order chi connectivity index (χ1) is 12.5. The molecule has 0 aromatic heterocycles. The molecule has 0 saturated carbocycles. The van der Waals surface area contributed by atoms with Gasteiger partial charge in [-0.1, -0.05) is 31.5 Å². The van der Waals surface area contributed by atoms with Crippen molar-refractivity contribution < 1.29 is 14.5 Å². The molecular formula is C20H24N2O4. The lowest BCUT2D eigenvalue weighted by Crippen LogP contribution is -2.14. The highest BCUT2D eigenvalue weighted by Crippen LogP contribution is 2.25. The average Bonchev–Trinajstić information content (AvgIpc) is 2.62. The Kier molecular flexibility index (Phi) is 7.14. The number of benzene rings is 2. The van der Waals surface area contributed by atoms with Crippen molar-refractivity contribution in [2.24, 2.45) is 0 Å². The molecule has 0 bridgehead atoms. The monoisotopic (exact) mass is 356 g/mol. The Labute approximate surface area is 153 Å². The van der Waals surface area contributed by atoms with Crippen molar-refractivity contribution in [1.82, 2.24) is 0 Å². The standard InChI is InChI=1S/C20H24N2O4/c1-3-5-16-8-10-17(11-9-16)26-13-4-6-20(23)21-18-12-7-15(2)14-19(18)22(24)25/h7-12,14H,3-6,13H2,1-2H3,(H,21,23). The Morgan fingerprint density at radius 2 is 1.92 bits per heavy atom. The van der Waals surface area contributed by atoms with Crippen molar-refractivity contribution in [3.63, 3.8) is 0 Å². The van der Waals surface area contributed by atoms with E-state index in [1.54, 1.807) is 19.1 Å². The molecule has 6 nitrogen and oxygen atoms in total. The second-order valence-electron chi connectivity index (χ2n) is 6.17. The minimum absolute atomic E-state index is 0.0956. The zero-order valence-corrected chi connectivity index (χ0v) is 15.2. The number of nitrogens with zero attached hydrogens (tertiary/aromatic N) is 1. The molecule has 1 amide bonds. The van der Waals surface area contributed by atoms with Crippen LogP contribution in [-0.4, -0.2) is 17.4 Å². The maximum atomic E-state index is 12.0. The zero-order valence-electron chi connectivity index (χ0n) is 15.2. The minimum atomic E-state index is -0.492. The van der Waals surface area contributed by atoms with Gasteiger partial charge in [-0.2, -0.15) is 0 Å². The molecule has 0 aliphatic rings. The maximum absolute atomic E-state index is 12.0. The molecule has 0 aliphatic heterocycles. The van der Waals surface area contributed by atoms with Crippen LogP contribution in [0.15, 0.2) is 42.5 Å². The number of anilines is 1. The molecule has 0 aliphatic carbocycles. The second kappa shape index (κ2) is 9.56. The van der Waals surface area contributed by atoms with Crippen LogP contribution in [0.2, 0.25) is 0 Å². The summed E-state index contributed by atoms with van der Waals surface area (Å²) < 4.78 is 5.63. The van der Waals surface area contributed by atoms with E-state index >= 15 is 0 Å². The van der Waals surface area contributed by atoms with Gasteiger partial charge in [0.25, 0.3) is 5.69 Å². The molecule has 0 fully saturated rings. The Hall–Kier alpha value is -2.89. The average molecular weight is 356 g/mol. The van der Waals surface area contributed by atoms with E-state index in [9.17, 15) is 14.9 Å². The molecule has 26 heavy (non-hydrogen) atoms. The molecule has 0 heterocycles. The third kappa shape index (κ3) is 5.88. The van der Waals surface area contributed by atoms with E-state index in [0.717, 1.165) is 24.2 Å². The van der Waals surface area contributed by atoms with Crippen LogP contribution in [0.5, 0.6) is 5.75 Å². The number of amides is 1. The third-order valence-corrected chi connectivity index (χ3v) is 3.90. The van der Waals surface area contributed by atoms with E-state index in [4.69, 9.17) is 4.74 Å². The molecular weight excluding hydrogens is 332 g/mol. The van der Waals surface area contributed by atoms with Crippen LogP contribution in [0, 0.1) is 17.0 Å². The number of nitrogens with one attached hydrogen (secondary N) is 1. The Bertz CT molecular complexity index is 757. The molecule has 0 atom stereocenters. The highest BCUT2D eigenvalue weighted by atomic mass is 16.6. The lowest BCUT2D eigenvalue weighted by Gasteiger charge is -2.08. The van der Waals surface area contributed by atoms with Crippen molar-refractivity contribution in [3.8, 4) is 5.75 Å². The van der Waals surface area contributed by atoms with Gasteiger partial charge in [0, 0.05) is 12.5 Å². The van der Waals surface area contributed by atoms with Gasteiger partial charge in [-0.25, -0.2) is 0 Å². The highest BCUT2D eigenvalue weighted by Gasteiger charge is 2.15. The second-order valence-corrected chi connectivity index (χ2v) is 6.17. The largest absolute Gasteiger partial charge is 0.494 e. The summed E-state index contributed by atoms with van der Waals surface area (Å²) in [5, 5.41) is 13.7. The van der Waals surface area contributed by atoms with Gasteiger partial charge in [-0.05, 0) is 49.1 Å². The van der Waals surface area contributed by atoms with Crippen LogP contribution < -0.4 is 10.1 Å². The summed E-state index contributed by atoms with van der Waals surface area (Å²) in [5.41, 5.74) is 2.17. The quantitative estimate of drug-likeness (QED) is 0.403. The third-order valence-electron chi connectivity index (χ3n) is 3.90. The molecule has 0 spiro atoms. The summed E-state index contributed by atoms with van der Waals surface area (Å²) in [5.74, 6) is 0.512. The SMILES string of the molecule is CCCc1ccc(OCCCC(=O)Nc2ccc(C)cc2[N+](=O)[O-])cc1. The van der Waals surface area contributed by atoms with Gasteiger partial charge in [0.05, 0.1) is 11.5 Å². The fourth-order valence-electron chi connectivity index (χ4n) is 2.57. The number of carbonyl (C=O) groups excluding carboxylic acids is 1. The zero-order chi connectivity index (χ0) is 18.9. The number of carbonyl (C=O) groups is 1. The number of rotatable bonds is 9. The van der Waals surface area contributed by atoms with Crippen LogP contribution >= 0.6 is 0 Å². The van der Waals surface area contributed by atoms with Gasteiger partial charge < -0.3 is 10.1 Å². The summed E-state index contributed by atoms with van der Waals surface area (Å²) in [7, 11) is 0. The van der Waals surface area contributed by atoms with Gasteiger partial charge in [-0.15, -0.1) is 0 Å². The summed E-state index contributed by atoms with van der Waals surface area (Å²) in [6, 6.07) is 12.7. The Morgan fingerprint density at radius 1 is 1.19 bits per heavy atom. The first kappa shape index (κ1) is 19.4. The first-order valence-electron chi connectivity index (χ1n) is 8.76. The van der Waals surface area contributed by atoms with E-state index in [0.29, 0.717) is 13.0 Å². The Morgan fingerprint density at radius 3 is 2.58 bits per heavy atom. The van der Waals surface area contributed by atoms with Gasteiger partial charge in [0.1, 0.15) is 11.4 Å². The number of nitro groups is 1. The van der Waals surface area contributed by atoms with E-state index in [1.807, 2.05) is 24.3 Å². The summed E-state index contributed by atoms with van der Waals surface area (Å²) in [4.78, 5) is 22.6. The number of nitro benzene ring substituents is 1. The maximum Gasteiger partial charge on any atom is 0.293 e. The number of ether oxygens (including phenoxy) is 1. The molecule has 2 rings (SSSR count). The predicted molar refractivity (Wildman–Crippen MR) is 102 cm³/mol. The molecule has 2 aromatic carbocycles. The van der Waals surface area contributed by atoms with Gasteiger partial charge in [0.15, 0.2) is 0 Å². The van der Waals surface area contributed by atoms with Gasteiger partial charge in [-0.3, -0.25) is 14.9 Å². The summed E-state index contributed by atoms with van der Waals surface area (Å²) >= 11 is 0. The molecule has 2 aromatic rings. The van der Waals surface area contributed by atoms with Crippen molar-refractivity contribution in [2.45, 2.75) is 39.5 Å². The number of hydrogen-bond acceptors (Lipinski definition) is 4. The normalized spacial score (nSPS) is 10.4. The van der Waals surface area contributed by atoms with Crippen molar-refractivity contribution in [2.75, 3.05) is 11.9 Å². The molecule has 0 radical (unpaired) electrons. The molecule has 6 heteroatoms.